The second-order valence-electron chi connectivity index (χ2n) is 8.67. The van der Waals surface area contributed by atoms with E-state index in [4.69, 9.17) is 0 Å². The van der Waals surface area contributed by atoms with Crippen LogP contribution in [0.1, 0.15) is 37.7 Å². The van der Waals surface area contributed by atoms with Crippen molar-refractivity contribution < 1.29 is 0 Å². The predicted octanol–water partition coefficient (Wildman–Crippen LogP) is 3.23. The molecule has 1 aliphatic carbocycles. The fraction of sp³-hybridized carbons (Fsp3) is 0.591. The van der Waals surface area contributed by atoms with Crippen LogP contribution in [0.25, 0.3) is 11.5 Å². The van der Waals surface area contributed by atoms with E-state index in [9.17, 15) is 0 Å². The fourth-order valence-corrected chi connectivity index (χ4v) is 4.96. The maximum atomic E-state index is 4.55. The zero-order valence-corrected chi connectivity index (χ0v) is 16.0. The number of nitrogens with zero attached hydrogens (tertiary/aromatic N) is 5. The van der Waals surface area contributed by atoms with Crippen molar-refractivity contribution in [3.05, 3.63) is 42.4 Å². The van der Waals surface area contributed by atoms with Crippen LogP contribution >= 0.6 is 0 Å². The number of fused-ring (bicyclic) bond motifs is 4. The van der Waals surface area contributed by atoms with E-state index in [0.29, 0.717) is 5.82 Å². The molecule has 0 spiro atoms. The molecule has 5 nitrogen and oxygen atoms in total. The minimum Gasteiger partial charge on any atom is -0.299 e. The maximum Gasteiger partial charge on any atom is 0.178 e. The summed E-state index contributed by atoms with van der Waals surface area (Å²) >= 11 is 0. The van der Waals surface area contributed by atoms with Crippen molar-refractivity contribution in [1.29, 1.82) is 0 Å². The molecule has 27 heavy (non-hydrogen) atoms. The van der Waals surface area contributed by atoms with Gasteiger partial charge in [-0.1, -0.05) is 12.5 Å². The molecule has 4 fully saturated rings. The van der Waals surface area contributed by atoms with Gasteiger partial charge in [0.05, 0.1) is 0 Å². The topological polar surface area (TPSA) is 45.2 Å². The van der Waals surface area contributed by atoms with Gasteiger partial charge in [0.15, 0.2) is 5.82 Å². The average Bonchev–Trinajstić information content (AvgIpc) is 2.96. The van der Waals surface area contributed by atoms with E-state index in [-0.39, 0.29) is 0 Å². The number of piperidine rings is 1. The zero-order valence-electron chi connectivity index (χ0n) is 16.0. The predicted molar refractivity (Wildman–Crippen MR) is 106 cm³/mol. The molecule has 2 bridgehead atoms. The van der Waals surface area contributed by atoms with Gasteiger partial charge >= 0.3 is 0 Å². The van der Waals surface area contributed by atoms with E-state index in [1.54, 1.807) is 6.20 Å². The highest BCUT2D eigenvalue weighted by Crippen LogP contribution is 2.33. The second-order valence-corrected chi connectivity index (χ2v) is 8.67. The summed E-state index contributed by atoms with van der Waals surface area (Å²) in [5, 5.41) is 0. The lowest BCUT2D eigenvalue weighted by Gasteiger charge is -2.40. The van der Waals surface area contributed by atoms with E-state index >= 15 is 0 Å². The molecule has 4 aliphatic rings. The minimum atomic E-state index is 0.710. The molecule has 2 aromatic heterocycles. The van der Waals surface area contributed by atoms with Crippen LogP contribution in [0.2, 0.25) is 0 Å². The Labute approximate surface area is 161 Å². The molecule has 0 unspecified atom stereocenters. The van der Waals surface area contributed by atoms with Crippen molar-refractivity contribution in [3.8, 4) is 11.5 Å². The Morgan fingerprint density at radius 2 is 1.81 bits per heavy atom. The summed E-state index contributed by atoms with van der Waals surface area (Å²) in [6, 6.07) is 6.60. The molecule has 2 aromatic rings. The van der Waals surface area contributed by atoms with Gasteiger partial charge in [-0.3, -0.25) is 14.8 Å². The summed E-state index contributed by atoms with van der Waals surface area (Å²) in [7, 11) is 0. The van der Waals surface area contributed by atoms with Gasteiger partial charge in [-0.2, -0.15) is 0 Å². The highest BCUT2D eigenvalue weighted by Gasteiger charge is 2.36. The number of hydrogen-bond donors (Lipinski definition) is 0. The SMILES string of the molecule is c1ccc(-c2ncc(CN3C[C@@H]4CC[C@H](C3)N(CC3CCC3)C4)cn2)nc1. The Balaban J connectivity index is 1.23. The summed E-state index contributed by atoms with van der Waals surface area (Å²) in [5.74, 6) is 2.52. The molecule has 6 rings (SSSR count). The minimum absolute atomic E-state index is 0.710. The Morgan fingerprint density at radius 1 is 0.926 bits per heavy atom. The van der Waals surface area contributed by atoms with Crippen LogP contribution < -0.4 is 0 Å². The van der Waals surface area contributed by atoms with Gasteiger partial charge in [-0.05, 0) is 49.7 Å². The molecule has 3 saturated heterocycles. The van der Waals surface area contributed by atoms with Crippen LogP contribution in [-0.4, -0.2) is 57.0 Å². The smallest absolute Gasteiger partial charge is 0.178 e. The zero-order chi connectivity index (χ0) is 18.1. The third kappa shape index (κ3) is 3.90. The molecule has 1 saturated carbocycles. The fourth-order valence-electron chi connectivity index (χ4n) is 4.96. The van der Waals surface area contributed by atoms with Crippen LogP contribution in [0.5, 0.6) is 0 Å². The van der Waals surface area contributed by atoms with Gasteiger partial charge in [0.1, 0.15) is 5.69 Å². The second kappa shape index (κ2) is 7.64. The van der Waals surface area contributed by atoms with Crippen LogP contribution in [-0.2, 0) is 6.54 Å². The van der Waals surface area contributed by atoms with Crippen LogP contribution in [0.15, 0.2) is 36.8 Å². The molecular weight excluding hydrogens is 334 g/mol. The highest BCUT2D eigenvalue weighted by atomic mass is 15.3. The third-order valence-corrected chi connectivity index (χ3v) is 6.63. The third-order valence-electron chi connectivity index (χ3n) is 6.63. The first kappa shape index (κ1) is 17.3. The van der Waals surface area contributed by atoms with E-state index in [2.05, 4.69) is 24.8 Å². The van der Waals surface area contributed by atoms with Crippen molar-refractivity contribution in [3.63, 3.8) is 0 Å². The van der Waals surface area contributed by atoms with Gasteiger partial charge in [-0.25, -0.2) is 9.97 Å². The normalized spacial score (nSPS) is 26.7. The summed E-state index contributed by atoms with van der Waals surface area (Å²) in [6.45, 7) is 6.04. The van der Waals surface area contributed by atoms with Gasteiger partial charge < -0.3 is 0 Å². The van der Waals surface area contributed by atoms with Crippen LogP contribution in [0.3, 0.4) is 0 Å². The first-order valence-corrected chi connectivity index (χ1v) is 10.5. The van der Waals surface area contributed by atoms with Gasteiger partial charge in [0, 0.05) is 62.9 Å². The molecule has 3 aliphatic heterocycles. The number of pyridine rings is 1. The Morgan fingerprint density at radius 3 is 2.56 bits per heavy atom. The van der Waals surface area contributed by atoms with Gasteiger partial charge in [-0.15, -0.1) is 0 Å². The van der Waals surface area contributed by atoms with Gasteiger partial charge in [0.2, 0.25) is 0 Å². The number of aromatic nitrogens is 3. The summed E-state index contributed by atoms with van der Waals surface area (Å²) in [4.78, 5) is 18.9. The van der Waals surface area contributed by atoms with Crippen LogP contribution in [0.4, 0.5) is 0 Å². The van der Waals surface area contributed by atoms with Crippen molar-refractivity contribution >= 4 is 0 Å². The van der Waals surface area contributed by atoms with Crippen molar-refractivity contribution in [2.75, 3.05) is 26.2 Å². The van der Waals surface area contributed by atoms with Crippen molar-refractivity contribution in [2.45, 2.75) is 44.7 Å². The molecule has 5 heteroatoms. The van der Waals surface area contributed by atoms with E-state index in [1.807, 2.05) is 30.6 Å². The van der Waals surface area contributed by atoms with Crippen molar-refractivity contribution in [2.24, 2.45) is 11.8 Å². The Kier molecular flexibility index (Phi) is 4.89. The quantitative estimate of drug-likeness (QED) is 0.816. The lowest BCUT2D eigenvalue weighted by Crippen LogP contribution is -2.46. The van der Waals surface area contributed by atoms with Gasteiger partial charge in [0.25, 0.3) is 0 Å². The molecule has 0 N–H and O–H groups in total. The largest absolute Gasteiger partial charge is 0.299 e. The first-order valence-electron chi connectivity index (χ1n) is 10.5. The first-order chi connectivity index (χ1) is 13.3. The lowest BCUT2D eigenvalue weighted by atomic mass is 9.83. The Bertz CT molecular complexity index is 743. The van der Waals surface area contributed by atoms with Crippen LogP contribution in [0, 0.1) is 11.8 Å². The highest BCUT2D eigenvalue weighted by molar-refractivity contribution is 5.47. The van der Waals surface area contributed by atoms with E-state index in [0.717, 1.165) is 30.1 Å². The Hall–Kier alpha value is -1.85. The van der Waals surface area contributed by atoms with E-state index < -0.39 is 0 Å². The molecular formula is C22H29N5. The monoisotopic (exact) mass is 363 g/mol. The molecule has 0 radical (unpaired) electrons. The molecule has 2 atom stereocenters. The molecule has 5 heterocycles. The van der Waals surface area contributed by atoms with E-state index in [1.165, 1.54) is 63.8 Å². The maximum absolute atomic E-state index is 4.55. The standard InChI is InChI=1S/C22H29N5/c1-2-9-23-21(6-1)22-24-10-19(11-25-22)13-26-12-18-7-8-20(16-26)27(15-18)14-17-4-3-5-17/h1-2,6,9-11,17-18,20H,3-5,7-8,12-16H2/t18-,20+/m0/s1. The molecule has 142 valence electrons. The summed E-state index contributed by atoms with van der Waals surface area (Å²) in [5.41, 5.74) is 2.05. The molecule has 0 amide bonds. The number of hydrogen-bond acceptors (Lipinski definition) is 5. The average molecular weight is 364 g/mol. The number of rotatable bonds is 5. The summed E-state index contributed by atoms with van der Waals surface area (Å²) < 4.78 is 0. The molecule has 0 aromatic carbocycles. The van der Waals surface area contributed by atoms with Crippen molar-refractivity contribution in [1.82, 2.24) is 24.8 Å². The summed E-state index contributed by atoms with van der Waals surface area (Å²) in [6.07, 6.45) is 12.9. The lowest BCUT2D eigenvalue weighted by molar-refractivity contribution is 0.0891.